The molecule has 9 heteroatoms. The van der Waals surface area contributed by atoms with E-state index in [1.165, 1.54) is 13.2 Å². The average molecular weight is 595 g/mol. The summed E-state index contributed by atoms with van der Waals surface area (Å²) >= 11 is 0. The summed E-state index contributed by atoms with van der Waals surface area (Å²) in [6.45, 7) is 5.20. The van der Waals surface area contributed by atoms with Crippen LogP contribution in [-0.4, -0.2) is 80.4 Å². The van der Waals surface area contributed by atoms with E-state index in [1.54, 1.807) is 6.08 Å². The fourth-order valence-electron chi connectivity index (χ4n) is 6.54. The van der Waals surface area contributed by atoms with Crippen LogP contribution in [0.1, 0.15) is 44.2 Å². The number of carbonyl (C=O) groups is 1. The Bertz CT molecular complexity index is 1220. The molecule has 0 aliphatic carbocycles. The third-order valence-electron chi connectivity index (χ3n) is 8.53. The minimum Gasteiger partial charge on any atom is -0.466 e. The van der Waals surface area contributed by atoms with Gasteiger partial charge in [-0.15, -0.1) is 0 Å². The topological polar surface area (TPSA) is 90.9 Å². The Hall–Kier alpha value is -2.63. The van der Waals surface area contributed by atoms with Gasteiger partial charge in [0.05, 0.1) is 57.5 Å². The predicted molar refractivity (Wildman–Crippen MR) is 156 cm³/mol. The van der Waals surface area contributed by atoms with E-state index in [2.05, 4.69) is 24.3 Å². The van der Waals surface area contributed by atoms with E-state index in [-0.39, 0.29) is 54.9 Å². The molecule has 0 bridgehead atoms. The van der Waals surface area contributed by atoms with E-state index >= 15 is 0 Å². The lowest BCUT2D eigenvalue weighted by atomic mass is 9.84. The third-order valence-corrected chi connectivity index (χ3v) is 8.53. The first-order valence-corrected chi connectivity index (χ1v) is 15.2. The lowest BCUT2D eigenvalue weighted by Crippen LogP contribution is -2.65. The molecule has 0 N–H and O–H groups in total. The first kappa shape index (κ1) is 30.4. The monoisotopic (exact) mass is 594 g/mol. The van der Waals surface area contributed by atoms with Gasteiger partial charge in [-0.2, -0.15) is 0 Å². The molecule has 9 nitrogen and oxygen atoms in total. The molecule has 9 atom stereocenters. The van der Waals surface area contributed by atoms with E-state index in [0.29, 0.717) is 39.1 Å². The minimum absolute atomic E-state index is 0.179. The van der Waals surface area contributed by atoms with Gasteiger partial charge in [0.1, 0.15) is 24.4 Å². The van der Waals surface area contributed by atoms with Crippen LogP contribution in [0.4, 0.5) is 0 Å². The number of rotatable bonds is 10. The molecule has 4 heterocycles. The summed E-state index contributed by atoms with van der Waals surface area (Å²) in [7, 11) is 1.36. The molecule has 0 saturated carbocycles. The molecule has 2 aromatic rings. The summed E-state index contributed by atoms with van der Waals surface area (Å²) in [6.07, 6.45) is 2.68. The van der Waals surface area contributed by atoms with Gasteiger partial charge in [0.15, 0.2) is 5.79 Å². The largest absolute Gasteiger partial charge is 0.466 e. The maximum atomic E-state index is 11.6. The normalized spacial score (nSPS) is 34.7. The predicted octanol–water partition coefficient (Wildman–Crippen LogP) is 4.51. The van der Waals surface area contributed by atoms with Gasteiger partial charge in [0, 0.05) is 18.9 Å². The average Bonchev–Trinajstić information content (AvgIpc) is 3.35. The standard InChI is InChI=1S/C34H42O9/c1-34(2)42-32-24(15-10-16-30(35)36-3)39-28-18-26-27(41-31(28)33(32)43-34)17-25(38-20-23-13-8-5-9-14-23)29(40-26)21-37-19-22-11-6-4-7-12-22/h4-14,16,24-29,31-33H,15,17-21H2,1-3H3/b16-10+/t24-,25-,26-,27+,28+,29+,31+,32-,33+/m0/s1. The van der Waals surface area contributed by atoms with Crippen molar-refractivity contribution in [2.75, 3.05) is 13.7 Å². The first-order valence-electron chi connectivity index (χ1n) is 15.2. The maximum absolute atomic E-state index is 11.6. The van der Waals surface area contributed by atoms with E-state index in [0.717, 1.165) is 11.1 Å². The van der Waals surface area contributed by atoms with Crippen molar-refractivity contribution in [2.24, 2.45) is 0 Å². The molecule has 0 radical (unpaired) electrons. The smallest absolute Gasteiger partial charge is 0.330 e. The number of benzene rings is 2. The summed E-state index contributed by atoms with van der Waals surface area (Å²) in [5, 5.41) is 0. The van der Waals surface area contributed by atoms with Crippen LogP contribution in [0.15, 0.2) is 72.8 Å². The Kier molecular flexibility index (Phi) is 9.59. The van der Waals surface area contributed by atoms with Gasteiger partial charge >= 0.3 is 5.97 Å². The zero-order valence-corrected chi connectivity index (χ0v) is 25.0. The fraction of sp³-hybridized carbons (Fsp3) is 0.559. The Labute approximate surface area is 253 Å². The fourth-order valence-corrected chi connectivity index (χ4v) is 6.54. The van der Waals surface area contributed by atoms with Crippen molar-refractivity contribution in [2.45, 2.75) is 107 Å². The molecular formula is C34H42O9. The van der Waals surface area contributed by atoms with Crippen molar-refractivity contribution < 1.29 is 42.7 Å². The van der Waals surface area contributed by atoms with E-state index in [4.69, 9.17) is 37.9 Å². The van der Waals surface area contributed by atoms with Crippen LogP contribution in [0.25, 0.3) is 0 Å². The Morgan fingerprint density at radius 1 is 0.814 bits per heavy atom. The summed E-state index contributed by atoms with van der Waals surface area (Å²) in [5.74, 6) is -1.18. The molecule has 0 amide bonds. The highest BCUT2D eigenvalue weighted by molar-refractivity contribution is 5.81. The lowest BCUT2D eigenvalue weighted by Gasteiger charge is -2.52. The Balaban J connectivity index is 1.15. The molecule has 4 fully saturated rings. The number of fused-ring (bicyclic) bond motifs is 4. The molecular weight excluding hydrogens is 552 g/mol. The zero-order valence-electron chi connectivity index (χ0n) is 25.0. The molecule has 0 aromatic heterocycles. The third kappa shape index (κ3) is 7.37. The van der Waals surface area contributed by atoms with Crippen LogP contribution < -0.4 is 0 Å². The maximum Gasteiger partial charge on any atom is 0.330 e. The SMILES string of the molecule is COC(=O)/C=C/C[C@@H]1O[C@@H]2C[C@@H]3O[C@H](COCc4ccccc4)[C@@H](OCc4ccccc4)C[C@H]3O[C@H]2[C@H]2OC(C)(C)O[C@H]21. The van der Waals surface area contributed by atoms with Gasteiger partial charge in [-0.05, 0) is 31.4 Å². The second-order valence-corrected chi connectivity index (χ2v) is 12.1. The van der Waals surface area contributed by atoms with Crippen LogP contribution in [0.5, 0.6) is 0 Å². The molecule has 4 aliphatic rings. The van der Waals surface area contributed by atoms with Gasteiger partial charge in [0.2, 0.25) is 0 Å². The number of hydrogen-bond acceptors (Lipinski definition) is 9. The lowest BCUT2D eigenvalue weighted by molar-refractivity contribution is -0.299. The molecule has 232 valence electrons. The number of carbonyl (C=O) groups excluding carboxylic acids is 1. The second-order valence-electron chi connectivity index (χ2n) is 12.1. The molecule has 43 heavy (non-hydrogen) atoms. The van der Waals surface area contributed by atoms with E-state index < -0.39 is 11.8 Å². The second kappa shape index (κ2) is 13.6. The first-order chi connectivity index (χ1) is 20.9. The van der Waals surface area contributed by atoms with Crippen LogP contribution in [0, 0.1) is 0 Å². The number of ether oxygens (including phenoxy) is 8. The van der Waals surface area contributed by atoms with Crippen molar-refractivity contribution in [3.8, 4) is 0 Å². The van der Waals surface area contributed by atoms with Gasteiger partial charge < -0.3 is 37.9 Å². The van der Waals surface area contributed by atoms with E-state index in [1.807, 2.05) is 50.2 Å². The molecule has 0 spiro atoms. The highest BCUT2D eigenvalue weighted by Crippen LogP contribution is 2.45. The van der Waals surface area contributed by atoms with Crippen molar-refractivity contribution >= 4 is 5.97 Å². The van der Waals surface area contributed by atoms with E-state index in [9.17, 15) is 4.79 Å². The quantitative estimate of drug-likeness (QED) is 0.291. The van der Waals surface area contributed by atoms with Crippen LogP contribution in [-0.2, 0) is 55.9 Å². The van der Waals surface area contributed by atoms with Crippen molar-refractivity contribution in [1.29, 1.82) is 0 Å². The van der Waals surface area contributed by atoms with Gasteiger partial charge in [0.25, 0.3) is 0 Å². The minimum atomic E-state index is -0.774. The Morgan fingerprint density at radius 3 is 2.19 bits per heavy atom. The highest BCUT2D eigenvalue weighted by atomic mass is 16.8. The van der Waals surface area contributed by atoms with Crippen LogP contribution in [0.2, 0.25) is 0 Å². The van der Waals surface area contributed by atoms with Crippen molar-refractivity contribution in [3.63, 3.8) is 0 Å². The summed E-state index contributed by atoms with van der Waals surface area (Å²) < 4.78 is 50.1. The van der Waals surface area contributed by atoms with Gasteiger partial charge in [-0.1, -0.05) is 66.7 Å². The van der Waals surface area contributed by atoms with Gasteiger partial charge in [-0.25, -0.2) is 4.79 Å². The molecule has 2 aromatic carbocycles. The summed E-state index contributed by atoms with van der Waals surface area (Å²) in [4.78, 5) is 11.6. The highest BCUT2D eigenvalue weighted by Gasteiger charge is 2.59. The summed E-state index contributed by atoms with van der Waals surface area (Å²) in [5.41, 5.74) is 2.22. The number of hydrogen-bond donors (Lipinski definition) is 0. The van der Waals surface area contributed by atoms with Gasteiger partial charge in [-0.3, -0.25) is 0 Å². The Morgan fingerprint density at radius 2 is 1.47 bits per heavy atom. The van der Waals surface area contributed by atoms with Crippen molar-refractivity contribution in [1.82, 2.24) is 0 Å². The summed E-state index contributed by atoms with van der Waals surface area (Å²) in [6, 6.07) is 20.3. The molecule has 6 rings (SSSR count). The number of esters is 1. The molecule has 0 unspecified atom stereocenters. The molecule has 4 saturated heterocycles. The van der Waals surface area contributed by atoms with Crippen LogP contribution >= 0.6 is 0 Å². The number of methoxy groups -OCH3 is 1. The molecule has 4 aliphatic heterocycles. The zero-order chi connectivity index (χ0) is 29.8. The van der Waals surface area contributed by atoms with Crippen molar-refractivity contribution in [3.05, 3.63) is 83.9 Å². The van der Waals surface area contributed by atoms with Crippen LogP contribution in [0.3, 0.4) is 0 Å².